The Bertz CT molecular complexity index is 310. The minimum absolute atomic E-state index is 0.883. The highest BCUT2D eigenvalue weighted by Gasteiger charge is 2.38. The molecule has 3 aliphatic rings. The van der Waals surface area contributed by atoms with Gasteiger partial charge in [-0.05, 0) is 32.1 Å². The maximum Gasteiger partial charge on any atom is 0.127 e. The summed E-state index contributed by atoms with van der Waals surface area (Å²) in [5, 5.41) is 1.12. The number of rotatable bonds is 3. The minimum Gasteiger partial charge on any atom is -0.330 e. The summed E-state index contributed by atoms with van der Waals surface area (Å²) < 4.78 is 0. The van der Waals surface area contributed by atoms with E-state index in [4.69, 9.17) is 11.6 Å². The second-order valence-electron chi connectivity index (χ2n) is 6.58. The van der Waals surface area contributed by atoms with Crippen LogP contribution < -0.4 is 9.80 Å². The van der Waals surface area contributed by atoms with E-state index in [1.807, 2.05) is 9.80 Å². The quantitative estimate of drug-likeness (QED) is 0.720. The van der Waals surface area contributed by atoms with Gasteiger partial charge in [-0.1, -0.05) is 17.7 Å². The number of hydrogen-bond acceptors (Lipinski definition) is 0. The van der Waals surface area contributed by atoms with Crippen molar-refractivity contribution in [3.8, 4) is 0 Å². The van der Waals surface area contributed by atoms with E-state index in [1.165, 1.54) is 65.0 Å². The summed E-state index contributed by atoms with van der Waals surface area (Å²) >= 11 is 6.18. The van der Waals surface area contributed by atoms with Crippen LogP contribution in [0.5, 0.6) is 0 Å². The fourth-order valence-corrected chi connectivity index (χ4v) is 4.43. The average molecular weight is 271 g/mol. The molecule has 2 fully saturated rings. The first-order chi connectivity index (χ1) is 8.81. The molecule has 2 heterocycles. The molecule has 0 saturated carbocycles. The van der Waals surface area contributed by atoms with Gasteiger partial charge < -0.3 is 9.80 Å². The second kappa shape index (κ2) is 5.94. The van der Waals surface area contributed by atoms with E-state index >= 15 is 0 Å². The number of hydrogen-bond donors (Lipinski definition) is 2. The monoisotopic (exact) mass is 270 g/mol. The van der Waals surface area contributed by atoms with E-state index in [-0.39, 0.29) is 0 Å². The van der Waals surface area contributed by atoms with Crippen molar-refractivity contribution in [3.63, 3.8) is 0 Å². The highest BCUT2D eigenvalue weighted by atomic mass is 35.5. The van der Waals surface area contributed by atoms with Crippen LogP contribution in [0, 0.1) is 11.8 Å². The van der Waals surface area contributed by atoms with Crippen LogP contribution in [0.25, 0.3) is 0 Å². The lowest BCUT2D eigenvalue weighted by Crippen LogP contribution is -3.20. The number of piperidine rings is 1. The van der Waals surface area contributed by atoms with E-state index < -0.39 is 0 Å². The third kappa shape index (κ3) is 3.09. The van der Waals surface area contributed by atoms with Crippen molar-refractivity contribution in [1.29, 1.82) is 0 Å². The molecule has 0 aromatic heterocycles. The maximum atomic E-state index is 6.18. The molecule has 3 heteroatoms. The lowest BCUT2D eigenvalue weighted by molar-refractivity contribution is -0.955. The van der Waals surface area contributed by atoms with E-state index in [0.717, 1.165) is 23.3 Å². The molecule has 0 spiro atoms. The molecule has 0 amide bonds. The Morgan fingerprint density at radius 3 is 2.56 bits per heavy atom. The third-order valence-electron chi connectivity index (χ3n) is 5.26. The number of quaternary nitrogens is 2. The zero-order valence-electron chi connectivity index (χ0n) is 11.4. The van der Waals surface area contributed by atoms with Gasteiger partial charge in [-0.2, -0.15) is 0 Å². The predicted octanol–water partition coefficient (Wildman–Crippen LogP) is 0.103. The molecule has 0 bridgehead atoms. The fourth-order valence-electron chi connectivity index (χ4n) is 4.15. The van der Waals surface area contributed by atoms with Gasteiger partial charge in [0.2, 0.25) is 0 Å². The molecule has 2 saturated heterocycles. The molecule has 2 N–H and O–H groups in total. The van der Waals surface area contributed by atoms with E-state index in [2.05, 4.69) is 6.08 Å². The Hall–Kier alpha value is -0.0500. The van der Waals surface area contributed by atoms with Gasteiger partial charge in [0.1, 0.15) is 13.1 Å². The van der Waals surface area contributed by atoms with Gasteiger partial charge in [-0.15, -0.1) is 0 Å². The van der Waals surface area contributed by atoms with E-state index in [9.17, 15) is 0 Å². The van der Waals surface area contributed by atoms with Crippen LogP contribution in [0.1, 0.15) is 32.1 Å². The van der Waals surface area contributed by atoms with E-state index in [0.29, 0.717) is 0 Å². The fraction of sp³-hybridized carbons (Fsp3) is 0.867. The number of fused-ring (bicyclic) bond motifs is 1. The molecule has 0 aromatic carbocycles. The Balaban J connectivity index is 1.43. The average Bonchev–Trinajstić information content (AvgIpc) is 2.79. The van der Waals surface area contributed by atoms with Gasteiger partial charge in [-0.3, -0.25) is 0 Å². The van der Waals surface area contributed by atoms with Gasteiger partial charge in [0.15, 0.2) is 0 Å². The van der Waals surface area contributed by atoms with Crippen LogP contribution >= 0.6 is 11.6 Å². The largest absolute Gasteiger partial charge is 0.330 e. The standard InChI is InChI=1S/C15H25ClN2/c16-15-5-4-13-11-18(12-14(13)10-15)9-8-17-6-2-1-3-7-17/h5,13-14H,1-4,6-12H2/p+2/t13-,14+/m0/s1. The predicted molar refractivity (Wildman–Crippen MR) is 75.1 cm³/mol. The van der Waals surface area contributed by atoms with Gasteiger partial charge in [0.05, 0.1) is 26.2 Å². The second-order valence-corrected chi connectivity index (χ2v) is 7.07. The Morgan fingerprint density at radius 2 is 1.72 bits per heavy atom. The molecule has 2 aliphatic heterocycles. The SMILES string of the molecule is ClC1=CC[C@H]2C[NH+](CC[NH+]3CCCCC3)C[C@H]2C1. The first kappa shape index (κ1) is 13.0. The highest BCUT2D eigenvalue weighted by Crippen LogP contribution is 2.31. The molecule has 0 aromatic rings. The van der Waals surface area contributed by atoms with Crippen LogP contribution in [0.4, 0.5) is 0 Å². The Morgan fingerprint density at radius 1 is 1.00 bits per heavy atom. The lowest BCUT2D eigenvalue weighted by atomic mass is 9.86. The molecule has 1 aliphatic carbocycles. The van der Waals surface area contributed by atoms with Crippen molar-refractivity contribution in [2.75, 3.05) is 39.3 Å². The molecule has 1 unspecified atom stereocenters. The summed E-state index contributed by atoms with van der Waals surface area (Å²) in [6.07, 6.45) is 9.04. The molecule has 2 nitrogen and oxygen atoms in total. The summed E-state index contributed by atoms with van der Waals surface area (Å²) in [6, 6.07) is 0. The number of allylic oxidation sites excluding steroid dienone is 2. The van der Waals surface area contributed by atoms with Crippen LogP contribution in [-0.2, 0) is 0 Å². The summed E-state index contributed by atoms with van der Waals surface area (Å²) in [4.78, 5) is 3.71. The van der Waals surface area contributed by atoms with Crippen LogP contribution in [-0.4, -0.2) is 39.3 Å². The first-order valence-corrected chi connectivity index (χ1v) is 8.21. The topological polar surface area (TPSA) is 8.88 Å². The van der Waals surface area contributed by atoms with Crippen LogP contribution in [0.3, 0.4) is 0 Å². The summed E-state index contributed by atoms with van der Waals surface area (Å²) in [7, 11) is 0. The smallest absolute Gasteiger partial charge is 0.127 e. The van der Waals surface area contributed by atoms with Gasteiger partial charge in [0.25, 0.3) is 0 Å². The first-order valence-electron chi connectivity index (χ1n) is 7.83. The zero-order chi connectivity index (χ0) is 12.4. The van der Waals surface area contributed by atoms with Crippen molar-refractivity contribution < 1.29 is 9.80 Å². The summed E-state index contributed by atoms with van der Waals surface area (Å²) in [6.45, 7) is 8.41. The molecule has 3 atom stereocenters. The Labute approximate surface area is 116 Å². The number of likely N-dealkylation sites (tertiary alicyclic amines) is 2. The molecule has 0 radical (unpaired) electrons. The molecule has 102 valence electrons. The number of nitrogens with one attached hydrogen (secondary N) is 2. The van der Waals surface area contributed by atoms with Crippen molar-refractivity contribution >= 4 is 11.6 Å². The third-order valence-corrected chi connectivity index (χ3v) is 5.57. The molecule has 18 heavy (non-hydrogen) atoms. The van der Waals surface area contributed by atoms with E-state index in [1.54, 1.807) is 0 Å². The van der Waals surface area contributed by atoms with Crippen LogP contribution in [0.2, 0.25) is 0 Å². The van der Waals surface area contributed by atoms with Crippen molar-refractivity contribution in [2.24, 2.45) is 11.8 Å². The van der Waals surface area contributed by atoms with Crippen LogP contribution in [0.15, 0.2) is 11.1 Å². The minimum atomic E-state index is 0.883. The normalized spacial score (nSPS) is 37.4. The Kier molecular flexibility index (Phi) is 4.27. The van der Waals surface area contributed by atoms with Gasteiger partial charge >= 0.3 is 0 Å². The van der Waals surface area contributed by atoms with Crippen molar-refractivity contribution in [2.45, 2.75) is 32.1 Å². The summed E-state index contributed by atoms with van der Waals surface area (Å²) in [5.41, 5.74) is 0. The molecular weight excluding hydrogens is 244 g/mol. The van der Waals surface area contributed by atoms with Crippen molar-refractivity contribution in [1.82, 2.24) is 0 Å². The summed E-state index contributed by atoms with van der Waals surface area (Å²) in [5.74, 6) is 1.81. The van der Waals surface area contributed by atoms with Gasteiger partial charge in [-0.25, -0.2) is 0 Å². The van der Waals surface area contributed by atoms with Crippen molar-refractivity contribution in [3.05, 3.63) is 11.1 Å². The number of halogens is 1. The molecule has 3 rings (SSSR count). The highest BCUT2D eigenvalue weighted by molar-refractivity contribution is 6.29. The molecular formula is C15H27ClN2+2. The zero-order valence-corrected chi connectivity index (χ0v) is 12.1. The maximum absolute atomic E-state index is 6.18. The lowest BCUT2D eigenvalue weighted by Gasteiger charge is -2.24. The van der Waals surface area contributed by atoms with Gasteiger partial charge in [0, 0.05) is 16.9 Å².